The molecule has 0 spiro atoms. The topological polar surface area (TPSA) is 101 Å². The van der Waals surface area contributed by atoms with Gasteiger partial charge in [0.1, 0.15) is 0 Å². The van der Waals surface area contributed by atoms with E-state index in [9.17, 15) is 23.3 Å². The first kappa shape index (κ1) is 21.9. The van der Waals surface area contributed by atoms with Gasteiger partial charge >= 0.3 is 0 Å². The third kappa shape index (κ3) is 4.22. The van der Waals surface area contributed by atoms with Crippen molar-refractivity contribution in [2.75, 3.05) is 26.2 Å². The highest BCUT2D eigenvalue weighted by atomic mass is 32.2. The lowest BCUT2D eigenvalue weighted by Gasteiger charge is -2.34. The first-order valence-corrected chi connectivity index (χ1v) is 11.2. The fourth-order valence-electron chi connectivity index (χ4n) is 3.54. The maximum Gasteiger partial charge on any atom is 0.273 e. The van der Waals surface area contributed by atoms with Gasteiger partial charge in [-0.3, -0.25) is 14.9 Å². The Morgan fingerprint density at radius 3 is 2.17 bits per heavy atom. The molecule has 0 radical (unpaired) electrons. The molecule has 0 saturated carbocycles. The number of nitro groups is 1. The van der Waals surface area contributed by atoms with E-state index < -0.39 is 14.9 Å². The summed E-state index contributed by atoms with van der Waals surface area (Å²) in [7, 11) is -3.89. The lowest BCUT2D eigenvalue weighted by Crippen LogP contribution is -2.50. The molecule has 1 aliphatic heterocycles. The van der Waals surface area contributed by atoms with Crippen molar-refractivity contribution in [2.45, 2.75) is 31.6 Å². The van der Waals surface area contributed by atoms with E-state index in [1.807, 2.05) is 12.1 Å². The number of amides is 1. The van der Waals surface area contributed by atoms with Crippen molar-refractivity contribution in [1.29, 1.82) is 0 Å². The van der Waals surface area contributed by atoms with Crippen LogP contribution in [0.5, 0.6) is 0 Å². The largest absolute Gasteiger partial charge is 0.336 e. The number of sulfonamides is 1. The van der Waals surface area contributed by atoms with Crippen LogP contribution >= 0.6 is 0 Å². The molecule has 1 aliphatic rings. The molecule has 9 heteroatoms. The van der Waals surface area contributed by atoms with Crippen molar-refractivity contribution in [3.8, 4) is 0 Å². The number of nitro benzene ring substituents is 1. The van der Waals surface area contributed by atoms with Gasteiger partial charge in [-0.05, 0) is 36.6 Å². The second-order valence-corrected chi connectivity index (χ2v) is 9.54. The highest BCUT2D eigenvalue weighted by Crippen LogP contribution is 2.28. The Labute approximate surface area is 176 Å². The molecule has 3 rings (SSSR count). The van der Waals surface area contributed by atoms with Crippen LogP contribution in [0.3, 0.4) is 0 Å². The van der Waals surface area contributed by atoms with E-state index in [1.165, 1.54) is 29.4 Å². The van der Waals surface area contributed by atoms with E-state index in [1.54, 1.807) is 17.0 Å². The summed E-state index contributed by atoms with van der Waals surface area (Å²) >= 11 is 0. The van der Waals surface area contributed by atoms with E-state index in [0.29, 0.717) is 11.5 Å². The zero-order valence-corrected chi connectivity index (χ0v) is 18.1. The average molecular weight is 432 g/mol. The zero-order chi connectivity index (χ0) is 22.1. The number of rotatable bonds is 5. The van der Waals surface area contributed by atoms with Gasteiger partial charge < -0.3 is 4.90 Å². The van der Waals surface area contributed by atoms with E-state index in [4.69, 9.17) is 0 Å². The third-order valence-electron chi connectivity index (χ3n) is 5.42. The van der Waals surface area contributed by atoms with Gasteiger partial charge in [0.15, 0.2) is 0 Å². The summed E-state index contributed by atoms with van der Waals surface area (Å²) in [5.74, 6) is 0.244. The van der Waals surface area contributed by atoms with E-state index in [0.717, 1.165) is 5.56 Å². The molecule has 2 aromatic carbocycles. The minimum atomic E-state index is -3.89. The Bertz CT molecular complexity index is 1060. The molecule has 160 valence electrons. The second-order valence-electron chi connectivity index (χ2n) is 7.63. The van der Waals surface area contributed by atoms with Crippen molar-refractivity contribution in [3.05, 3.63) is 69.3 Å². The first-order valence-electron chi connectivity index (χ1n) is 9.76. The van der Waals surface area contributed by atoms with Crippen LogP contribution in [0.15, 0.2) is 47.4 Å². The Hall–Kier alpha value is -2.78. The Kier molecular flexibility index (Phi) is 6.23. The fourth-order valence-corrected chi connectivity index (χ4v) is 5.21. The molecule has 0 bridgehead atoms. The monoisotopic (exact) mass is 431 g/mol. The maximum absolute atomic E-state index is 13.0. The second kappa shape index (κ2) is 8.53. The third-order valence-corrected chi connectivity index (χ3v) is 7.46. The Balaban J connectivity index is 1.72. The van der Waals surface area contributed by atoms with Crippen LogP contribution in [0.4, 0.5) is 5.69 Å². The molecule has 1 saturated heterocycles. The molecule has 0 unspecified atom stereocenters. The lowest BCUT2D eigenvalue weighted by atomic mass is 10.0. The van der Waals surface area contributed by atoms with Crippen molar-refractivity contribution in [2.24, 2.45) is 0 Å². The van der Waals surface area contributed by atoms with Crippen molar-refractivity contribution in [1.82, 2.24) is 9.21 Å². The smallest absolute Gasteiger partial charge is 0.273 e. The fraction of sp³-hybridized carbons (Fsp3) is 0.381. The molecule has 0 N–H and O–H groups in total. The summed E-state index contributed by atoms with van der Waals surface area (Å²) in [5, 5.41) is 11.1. The minimum Gasteiger partial charge on any atom is -0.336 e. The summed E-state index contributed by atoms with van der Waals surface area (Å²) in [4.78, 5) is 24.9. The van der Waals surface area contributed by atoms with Crippen molar-refractivity contribution < 1.29 is 18.1 Å². The van der Waals surface area contributed by atoms with Crippen molar-refractivity contribution in [3.63, 3.8) is 0 Å². The number of nitrogens with zero attached hydrogens (tertiary/aromatic N) is 3. The van der Waals surface area contributed by atoms with Gasteiger partial charge in [0, 0.05) is 43.4 Å². The zero-order valence-electron chi connectivity index (χ0n) is 17.2. The van der Waals surface area contributed by atoms with Gasteiger partial charge in [-0.1, -0.05) is 32.0 Å². The minimum absolute atomic E-state index is 0.0687. The highest BCUT2D eigenvalue weighted by Gasteiger charge is 2.33. The number of piperazine rings is 1. The van der Waals surface area contributed by atoms with Gasteiger partial charge in [-0.2, -0.15) is 4.31 Å². The summed E-state index contributed by atoms with van der Waals surface area (Å²) in [6.07, 6.45) is 0. The molecule has 1 heterocycles. The molecule has 8 nitrogen and oxygen atoms in total. The summed E-state index contributed by atoms with van der Waals surface area (Å²) in [5.41, 5.74) is 1.61. The SMILES string of the molecule is Cc1c([N+](=O)[O-])cccc1S(=O)(=O)N1CCN(C(=O)c2ccc(C(C)C)cc2)CC1. The van der Waals surface area contributed by atoms with Crippen LogP contribution in [0, 0.1) is 17.0 Å². The standard InChI is InChI=1S/C21H25N3O5S/c1-15(2)17-7-9-18(10-8-17)21(25)22-11-13-23(14-12-22)30(28,29)20-6-4-5-19(16(20)3)24(26)27/h4-10,15H,11-14H2,1-3H3. The first-order chi connectivity index (χ1) is 14.1. The molecule has 0 aromatic heterocycles. The molecular weight excluding hydrogens is 406 g/mol. The summed E-state index contributed by atoms with van der Waals surface area (Å²) < 4.78 is 27.3. The lowest BCUT2D eigenvalue weighted by molar-refractivity contribution is -0.385. The van der Waals surface area contributed by atoms with Crippen LogP contribution in [0.25, 0.3) is 0 Å². The van der Waals surface area contributed by atoms with E-state index in [-0.39, 0.29) is 48.2 Å². The predicted octanol–water partition coefficient (Wildman–Crippen LogP) is 3.17. The van der Waals surface area contributed by atoms with Crippen molar-refractivity contribution >= 4 is 21.6 Å². The predicted molar refractivity (Wildman–Crippen MR) is 113 cm³/mol. The van der Waals surface area contributed by atoms with Gasteiger partial charge in [0.05, 0.1) is 9.82 Å². The van der Waals surface area contributed by atoms with Crippen LogP contribution in [-0.2, 0) is 10.0 Å². The van der Waals surface area contributed by atoms with Crippen LogP contribution in [0.1, 0.15) is 41.3 Å². The maximum atomic E-state index is 13.0. The molecule has 0 atom stereocenters. The number of carbonyl (C=O) groups is 1. The van der Waals surface area contributed by atoms with Crippen LogP contribution in [-0.4, -0.2) is 54.6 Å². The normalized spacial score (nSPS) is 15.4. The summed E-state index contributed by atoms with van der Waals surface area (Å²) in [6.45, 7) is 6.40. The molecule has 2 aromatic rings. The average Bonchev–Trinajstić information content (AvgIpc) is 2.73. The Morgan fingerprint density at radius 1 is 1.03 bits per heavy atom. The van der Waals surface area contributed by atoms with Gasteiger partial charge in [0.2, 0.25) is 10.0 Å². The van der Waals surface area contributed by atoms with E-state index >= 15 is 0 Å². The van der Waals surface area contributed by atoms with Gasteiger partial charge in [-0.15, -0.1) is 0 Å². The number of hydrogen-bond donors (Lipinski definition) is 0. The van der Waals surface area contributed by atoms with E-state index in [2.05, 4.69) is 13.8 Å². The molecule has 30 heavy (non-hydrogen) atoms. The number of hydrogen-bond acceptors (Lipinski definition) is 5. The number of benzene rings is 2. The molecule has 1 fully saturated rings. The quantitative estimate of drug-likeness (QED) is 0.535. The molecule has 1 amide bonds. The Morgan fingerprint density at radius 2 is 1.63 bits per heavy atom. The molecular formula is C21H25N3O5S. The van der Waals surface area contributed by atoms with Gasteiger partial charge in [-0.25, -0.2) is 8.42 Å². The number of carbonyl (C=O) groups excluding carboxylic acids is 1. The molecule has 0 aliphatic carbocycles. The van der Waals surface area contributed by atoms with Crippen LogP contribution < -0.4 is 0 Å². The summed E-state index contributed by atoms with van der Waals surface area (Å²) in [6, 6.07) is 11.5. The highest BCUT2D eigenvalue weighted by molar-refractivity contribution is 7.89. The van der Waals surface area contributed by atoms with Gasteiger partial charge in [0.25, 0.3) is 11.6 Å². The van der Waals surface area contributed by atoms with Crippen LogP contribution in [0.2, 0.25) is 0 Å².